The number of aliphatic hydroxyl groups is 2. The van der Waals surface area contributed by atoms with E-state index in [1.54, 1.807) is 0 Å². The SMILES string of the molecule is CC(C)[C@H](O)C(=C[Si](C)(C)C)[C@H](O)C(C)C. The number of aliphatic hydroxyl groups excluding tert-OH is 2. The Hall–Kier alpha value is -0.123. The average Bonchev–Trinajstić information content (AvgIpc) is 2.10. The lowest BCUT2D eigenvalue weighted by molar-refractivity contribution is 0.0925. The fourth-order valence-electron chi connectivity index (χ4n) is 1.62. The highest BCUT2D eigenvalue weighted by molar-refractivity contribution is 6.81. The van der Waals surface area contributed by atoms with Gasteiger partial charge in [0.05, 0.1) is 20.3 Å². The highest BCUT2D eigenvalue weighted by atomic mass is 28.3. The molecule has 0 aliphatic carbocycles. The summed E-state index contributed by atoms with van der Waals surface area (Å²) in [5.41, 5.74) is 2.96. The third-order valence-corrected chi connectivity index (χ3v) is 3.75. The molecule has 0 radical (unpaired) electrons. The monoisotopic (exact) mass is 244 g/mol. The van der Waals surface area contributed by atoms with E-state index >= 15 is 0 Å². The molecule has 0 saturated carbocycles. The van der Waals surface area contributed by atoms with Crippen molar-refractivity contribution < 1.29 is 10.2 Å². The minimum absolute atomic E-state index is 0.149. The maximum atomic E-state index is 10.2. The summed E-state index contributed by atoms with van der Waals surface area (Å²) in [5, 5.41) is 20.3. The molecular weight excluding hydrogens is 216 g/mol. The van der Waals surface area contributed by atoms with Crippen molar-refractivity contribution in [3.05, 3.63) is 11.3 Å². The van der Waals surface area contributed by atoms with E-state index in [1.165, 1.54) is 0 Å². The predicted molar refractivity (Wildman–Crippen MR) is 73.1 cm³/mol. The van der Waals surface area contributed by atoms with Gasteiger partial charge >= 0.3 is 0 Å². The van der Waals surface area contributed by atoms with Crippen molar-refractivity contribution in [2.75, 3.05) is 0 Å². The van der Waals surface area contributed by atoms with Gasteiger partial charge in [-0.05, 0) is 17.4 Å². The molecule has 0 heterocycles. The van der Waals surface area contributed by atoms with Crippen LogP contribution in [0.4, 0.5) is 0 Å². The van der Waals surface area contributed by atoms with E-state index in [9.17, 15) is 10.2 Å². The molecule has 96 valence electrons. The molecule has 0 aromatic carbocycles. The van der Waals surface area contributed by atoms with Crippen molar-refractivity contribution in [2.45, 2.75) is 59.5 Å². The molecule has 0 spiro atoms. The van der Waals surface area contributed by atoms with Gasteiger partial charge in [-0.2, -0.15) is 0 Å². The van der Waals surface area contributed by atoms with E-state index in [1.807, 2.05) is 27.7 Å². The molecule has 0 unspecified atom stereocenters. The Balaban J connectivity index is 5.14. The Labute approximate surface area is 101 Å². The fourth-order valence-corrected chi connectivity index (χ4v) is 2.96. The smallest absolute Gasteiger partial charge is 0.0794 e. The van der Waals surface area contributed by atoms with E-state index in [4.69, 9.17) is 0 Å². The maximum Gasteiger partial charge on any atom is 0.0794 e. The summed E-state index contributed by atoms with van der Waals surface area (Å²) < 4.78 is 0. The van der Waals surface area contributed by atoms with Crippen LogP contribution < -0.4 is 0 Å². The summed E-state index contributed by atoms with van der Waals surface area (Å²) in [6, 6.07) is 0. The van der Waals surface area contributed by atoms with Gasteiger partial charge in [0.25, 0.3) is 0 Å². The Morgan fingerprint density at radius 3 is 1.38 bits per heavy atom. The molecule has 0 saturated heterocycles. The molecule has 16 heavy (non-hydrogen) atoms. The minimum atomic E-state index is -1.42. The second kappa shape index (κ2) is 5.99. The van der Waals surface area contributed by atoms with Gasteiger partial charge < -0.3 is 10.2 Å². The van der Waals surface area contributed by atoms with Gasteiger partial charge in [-0.15, -0.1) is 0 Å². The van der Waals surface area contributed by atoms with Gasteiger partial charge in [0.1, 0.15) is 0 Å². The van der Waals surface area contributed by atoms with Crippen molar-refractivity contribution in [2.24, 2.45) is 11.8 Å². The summed E-state index contributed by atoms with van der Waals surface area (Å²) >= 11 is 0. The van der Waals surface area contributed by atoms with Gasteiger partial charge in [0.15, 0.2) is 0 Å². The maximum absolute atomic E-state index is 10.2. The first-order valence-electron chi connectivity index (χ1n) is 6.15. The van der Waals surface area contributed by atoms with Gasteiger partial charge in [-0.3, -0.25) is 0 Å². The number of rotatable bonds is 5. The van der Waals surface area contributed by atoms with Crippen molar-refractivity contribution >= 4 is 8.07 Å². The Morgan fingerprint density at radius 1 is 0.875 bits per heavy atom. The molecule has 0 aliphatic heterocycles. The lowest BCUT2D eigenvalue weighted by Crippen LogP contribution is -2.33. The molecule has 0 aromatic rings. The third-order valence-electron chi connectivity index (χ3n) is 2.55. The molecule has 0 bridgehead atoms. The van der Waals surface area contributed by atoms with Crippen LogP contribution in [0.15, 0.2) is 11.3 Å². The summed E-state index contributed by atoms with van der Waals surface area (Å²) in [5.74, 6) is 0.298. The van der Waals surface area contributed by atoms with Crippen molar-refractivity contribution in [1.82, 2.24) is 0 Å². The normalized spacial score (nSPS) is 18.1. The molecule has 2 atom stereocenters. The lowest BCUT2D eigenvalue weighted by atomic mass is 9.91. The first kappa shape index (κ1) is 15.9. The van der Waals surface area contributed by atoms with Crippen LogP contribution >= 0.6 is 0 Å². The number of hydrogen-bond donors (Lipinski definition) is 2. The molecule has 3 heteroatoms. The van der Waals surface area contributed by atoms with Gasteiger partial charge in [-0.1, -0.05) is 53.0 Å². The first-order chi connectivity index (χ1) is 7.06. The number of hydrogen-bond acceptors (Lipinski definition) is 2. The molecule has 0 rings (SSSR count). The second-order valence-corrected chi connectivity index (χ2v) is 11.4. The molecule has 2 nitrogen and oxygen atoms in total. The zero-order chi connectivity index (χ0) is 13.1. The van der Waals surface area contributed by atoms with Crippen LogP contribution in [0.25, 0.3) is 0 Å². The summed E-state index contributed by atoms with van der Waals surface area (Å²) in [6.45, 7) is 14.6. The first-order valence-corrected chi connectivity index (χ1v) is 9.72. The van der Waals surface area contributed by atoms with Gasteiger partial charge in [0.2, 0.25) is 0 Å². The molecule has 0 fully saturated rings. The quantitative estimate of drug-likeness (QED) is 0.730. The van der Waals surface area contributed by atoms with Crippen LogP contribution in [0.3, 0.4) is 0 Å². The molecule has 0 aromatic heterocycles. The fraction of sp³-hybridized carbons (Fsp3) is 0.846. The molecule has 0 aliphatic rings. The van der Waals surface area contributed by atoms with Crippen LogP contribution in [0.1, 0.15) is 27.7 Å². The summed E-state index contributed by atoms with van der Waals surface area (Å²) in [4.78, 5) is 0. The van der Waals surface area contributed by atoms with Crippen LogP contribution in [0, 0.1) is 11.8 Å². The third kappa shape index (κ3) is 5.28. The summed E-state index contributed by atoms with van der Waals surface area (Å²) in [7, 11) is -1.42. The Morgan fingerprint density at radius 2 is 1.19 bits per heavy atom. The average molecular weight is 244 g/mol. The van der Waals surface area contributed by atoms with E-state index in [0.717, 1.165) is 5.57 Å². The van der Waals surface area contributed by atoms with Gasteiger partial charge in [0, 0.05) is 0 Å². The minimum Gasteiger partial charge on any atom is -0.388 e. The standard InChI is InChI=1S/C13H28O2Si/c1-9(2)12(14)11(8-16(5,6)7)13(15)10(3)4/h8-10,12-15H,1-7H3/t12-,13+. The van der Waals surface area contributed by atoms with Crippen LogP contribution in [0.2, 0.25) is 19.6 Å². The molecular formula is C13H28O2Si. The molecule has 0 amide bonds. The predicted octanol–water partition coefficient (Wildman–Crippen LogP) is 2.82. The topological polar surface area (TPSA) is 40.5 Å². The van der Waals surface area contributed by atoms with Crippen molar-refractivity contribution in [3.63, 3.8) is 0 Å². The highest BCUT2D eigenvalue weighted by Crippen LogP contribution is 2.23. The summed E-state index contributed by atoms with van der Waals surface area (Å²) in [6.07, 6.45) is -1.05. The van der Waals surface area contributed by atoms with E-state index in [2.05, 4.69) is 25.3 Å². The Kier molecular flexibility index (Phi) is 5.94. The zero-order valence-corrected chi connectivity index (χ0v) is 12.8. The second-order valence-electron chi connectivity index (χ2n) is 6.39. The van der Waals surface area contributed by atoms with E-state index in [0.29, 0.717) is 0 Å². The van der Waals surface area contributed by atoms with Crippen LogP contribution in [-0.4, -0.2) is 30.5 Å². The van der Waals surface area contributed by atoms with Gasteiger partial charge in [-0.25, -0.2) is 0 Å². The zero-order valence-electron chi connectivity index (χ0n) is 11.8. The highest BCUT2D eigenvalue weighted by Gasteiger charge is 2.26. The lowest BCUT2D eigenvalue weighted by Gasteiger charge is -2.28. The van der Waals surface area contributed by atoms with E-state index < -0.39 is 20.3 Å². The Bertz CT molecular complexity index is 223. The van der Waals surface area contributed by atoms with Crippen LogP contribution in [0.5, 0.6) is 0 Å². The molecule has 2 N–H and O–H groups in total. The largest absolute Gasteiger partial charge is 0.388 e. The van der Waals surface area contributed by atoms with Crippen LogP contribution in [-0.2, 0) is 0 Å². The van der Waals surface area contributed by atoms with Crippen molar-refractivity contribution in [1.29, 1.82) is 0 Å². The van der Waals surface area contributed by atoms with E-state index in [-0.39, 0.29) is 11.8 Å². The van der Waals surface area contributed by atoms with Crippen molar-refractivity contribution in [3.8, 4) is 0 Å².